The highest BCUT2D eigenvalue weighted by molar-refractivity contribution is 9.10. The lowest BCUT2D eigenvalue weighted by Gasteiger charge is -2.09. The van der Waals surface area contributed by atoms with Crippen molar-refractivity contribution in [1.82, 2.24) is 9.78 Å². The molecule has 1 heterocycles. The van der Waals surface area contributed by atoms with Crippen LogP contribution in [-0.4, -0.2) is 24.1 Å². The third kappa shape index (κ3) is 4.19. The molecule has 0 saturated carbocycles. The first kappa shape index (κ1) is 20.1. The summed E-state index contributed by atoms with van der Waals surface area (Å²) in [6.07, 6.45) is 3.50. The standard InChI is InChI=1S/C22H16BrN3O3S/c23-17-4-10-20(11-5-17)30(28,29)21-12-6-18(7-13-21)25-22(27)16-2-8-19(9-3-16)26-15-1-14-24-26/h1-15H,(H,25,27). The van der Waals surface area contributed by atoms with Crippen molar-refractivity contribution in [2.45, 2.75) is 9.79 Å². The van der Waals surface area contributed by atoms with E-state index in [0.29, 0.717) is 11.3 Å². The summed E-state index contributed by atoms with van der Waals surface area (Å²) in [5.41, 5.74) is 1.84. The van der Waals surface area contributed by atoms with Gasteiger partial charge < -0.3 is 5.32 Å². The molecular formula is C22H16BrN3O3S. The molecule has 1 amide bonds. The van der Waals surface area contributed by atoms with Crippen molar-refractivity contribution in [3.05, 3.63) is 101 Å². The van der Waals surface area contributed by atoms with E-state index in [2.05, 4.69) is 26.3 Å². The average molecular weight is 482 g/mol. The van der Waals surface area contributed by atoms with Crippen molar-refractivity contribution < 1.29 is 13.2 Å². The van der Waals surface area contributed by atoms with Gasteiger partial charge in [0.2, 0.25) is 9.84 Å². The monoisotopic (exact) mass is 481 g/mol. The third-order valence-corrected chi connectivity index (χ3v) is 6.76. The number of carbonyl (C=O) groups excluding carboxylic acids is 1. The van der Waals surface area contributed by atoms with E-state index in [1.165, 1.54) is 12.1 Å². The number of anilines is 1. The highest BCUT2D eigenvalue weighted by atomic mass is 79.9. The smallest absolute Gasteiger partial charge is 0.255 e. The Morgan fingerprint density at radius 2 is 1.47 bits per heavy atom. The zero-order valence-electron chi connectivity index (χ0n) is 15.6. The number of nitrogens with one attached hydrogen (secondary N) is 1. The Kier molecular flexibility index (Phi) is 5.52. The lowest BCUT2D eigenvalue weighted by atomic mass is 10.2. The van der Waals surface area contributed by atoms with Gasteiger partial charge in [-0.25, -0.2) is 13.1 Å². The zero-order chi connectivity index (χ0) is 21.1. The van der Waals surface area contributed by atoms with E-state index < -0.39 is 9.84 Å². The number of rotatable bonds is 5. The van der Waals surface area contributed by atoms with E-state index in [9.17, 15) is 13.2 Å². The molecule has 30 heavy (non-hydrogen) atoms. The molecule has 4 rings (SSSR count). The molecule has 0 aliphatic carbocycles. The van der Waals surface area contributed by atoms with Gasteiger partial charge in [-0.15, -0.1) is 0 Å². The second kappa shape index (κ2) is 8.25. The van der Waals surface area contributed by atoms with E-state index >= 15 is 0 Å². The first-order valence-electron chi connectivity index (χ1n) is 8.96. The van der Waals surface area contributed by atoms with Crippen LogP contribution in [-0.2, 0) is 9.84 Å². The van der Waals surface area contributed by atoms with E-state index in [0.717, 1.165) is 10.2 Å². The van der Waals surface area contributed by atoms with Gasteiger partial charge in [0.15, 0.2) is 0 Å². The number of hydrogen-bond donors (Lipinski definition) is 1. The summed E-state index contributed by atoms with van der Waals surface area (Å²) < 4.78 is 27.9. The molecule has 0 aliphatic rings. The van der Waals surface area contributed by atoms with Crippen molar-refractivity contribution in [2.24, 2.45) is 0 Å². The molecule has 0 atom stereocenters. The summed E-state index contributed by atoms with van der Waals surface area (Å²) in [7, 11) is -3.62. The van der Waals surface area contributed by atoms with E-state index in [4.69, 9.17) is 0 Å². The molecular weight excluding hydrogens is 466 g/mol. The summed E-state index contributed by atoms with van der Waals surface area (Å²) in [6.45, 7) is 0. The molecule has 0 saturated heterocycles. The number of carbonyl (C=O) groups is 1. The average Bonchev–Trinajstić information content (AvgIpc) is 3.29. The van der Waals surface area contributed by atoms with E-state index in [-0.39, 0.29) is 15.7 Å². The lowest BCUT2D eigenvalue weighted by molar-refractivity contribution is 0.102. The number of nitrogens with zero attached hydrogens (tertiary/aromatic N) is 2. The Hall–Kier alpha value is -3.23. The normalized spacial score (nSPS) is 11.2. The van der Waals surface area contributed by atoms with Crippen molar-refractivity contribution in [2.75, 3.05) is 5.32 Å². The Balaban J connectivity index is 1.48. The summed E-state index contributed by atoms with van der Waals surface area (Å²) in [5.74, 6) is -0.287. The molecule has 0 radical (unpaired) electrons. The number of amides is 1. The fraction of sp³-hybridized carbons (Fsp3) is 0. The van der Waals surface area contributed by atoms with Crippen molar-refractivity contribution in [1.29, 1.82) is 0 Å². The van der Waals surface area contributed by atoms with Crippen LogP contribution in [0.1, 0.15) is 10.4 Å². The van der Waals surface area contributed by atoms with Gasteiger partial charge in [0.05, 0.1) is 15.5 Å². The maximum Gasteiger partial charge on any atom is 0.255 e. The Labute approximate surface area is 182 Å². The fourth-order valence-electron chi connectivity index (χ4n) is 2.86. The van der Waals surface area contributed by atoms with Crippen LogP contribution in [0, 0.1) is 0 Å². The van der Waals surface area contributed by atoms with Crippen molar-refractivity contribution in [3.63, 3.8) is 0 Å². The third-order valence-electron chi connectivity index (χ3n) is 4.44. The first-order chi connectivity index (χ1) is 14.4. The summed E-state index contributed by atoms with van der Waals surface area (Å²) in [6, 6.07) is 21.4. The zero-order valence-corrected chi connectivity index (χ0v) is 18.0. The van der Waals surface area contributed by atoms with E-state index in [1.54, 1.807) is 71.5 Å². The minimum Gasteiger partial charge on any atom is -0.322 e. The highest BCUT2D eigenvalue weighted by Crippen LogP contribution is 2.24. The molecule has 1 N–H and O–H groups in total. The number of halogens is 1. The predicted molar refractivity (Wildman–Crippen MR) is 118 cm³/mol. The van der Waals surface area contributed by atoms with Crippen LogP contribution in [0.25, 0.3) is 5.69 Å². The SMILES string of the molecule is O=C(Nc1ccc(S(=O)(=O)c2ccc(Br)cc2)cc1)c1ccc(-n2cccn2)cc1. The summed E-state index contributed by atoms with van der Waals surface area (Å²) in [5, 5.41) is 6.92. The topological polar surface area (TPSA) is 81.1 Å². The number of aromatic nitrogens is 2. The van der Waals surface area contributed by atoms with Crippen molar-refractivity contribution in [3.8, 4) is 5.69 Å². The molecule has 6 nitrogen and oxygen atoms in total. The summed E-state index contributed by atoms with van der Waals surface area (Å²) in [4.78, 5) is 12.9. The molecule has 0 bridgehead atoms. The van der Waals surface area contributed by atoms with Crippen LogP contribution >= 0.6 is 15.9 Å². The quantitative estimate of drug-likeness (QED) is 0.447. The predicted octanol–water partition coefficient (Wildman–Crippen LogP) is 4.72. The van der Waals surface area contributed by atoms with Gasteiger partial charge >= 0.3 is 0 Å². The second-order valence-corrected chi connectivity index (χ2v) is 9.30. The van der Waals surface area contributed by atoms with E-state index in [1.807, 2.05) is 12.3 Å². The molecule has 4 aromatic rings. The van der Waals surface area contributed by atoms with Gasteiger partial charge in [0.25, 0.3) is 5.91 Å². The maximum atomic E-state index is 12.7. The van der Waals surface area contributed by atoms with Crippen molar-refractivity contribution >= 4 is 37.4 Å². The minimum atomic E-state index is -3.62. The van der Waals surface area contributed by atoms with Crippen LogP contribution in [0.5, 0.6) is 0 Å². The minimum absolute atomic E-state index is 0.159. The molecule has 3 aromatic carbocycles. The Morgan fingerprint density at radius 1 is 0.867 bits per heavy atom. The van der Waals surface area contributed by atoms with Gasteiger partial charge in [-0.2, -0.15) is 5.10 Å². The largest absolute Gasteiger partial charge is 0.322 e. The van der Waals surface area contributed by atoms with Crippen LogP contribution in [0.4, 0.5) is 5.69 Å². The molecule has 1 aromatic heterocycles. The molecule has 8 heteroatoms. The number of sulfone groups is 1. The number of hydrogen-bond acceptors (Lipinski definition) is 4. The first-order valence-corrected chi connectivity index (χ1v) is 11.2. The molecule has 0 unspecified atom stereocenters. The molecule has 150 valence electrons. The van der Waals surface area contributed by atoms with Gasteiger partial charge in [0, 0.05) is 28.1 Å². The highest BCUT2D eigenvalue weighted by Gasteiger charge is 2.17. The molecule has 0 spiro atoms. The van der Waals surface area contributed by atoms with Crippen LogP contribution in [0.2, 0.25) is 0 Å². The van der Waals surface area contributed by atoms with Crippen LogP contribution < -0.4 is 5.32 Å². The maximum absolute atomic E-state index is 12.7. The fourth-order valence-corrected chi connectivity index (χ4v) is 4.38. The Bertz CT molecular complexity index is 1270. The van der Waals surface area contributed by atoms with Gasteiger partial charge in [-0.3, -0.25) is 4.79 Å². The lowest BCUT2D eigenvalue weighted by Crippen LogP contribution is -2.12. The molecule has 0 fully saturated rings. The number of benzene rings is 3. The van der Waals surface area contributed by atoms with Crippen LogP contribution in [0.3, 0.4) is 0 Å². The molecule has 0 aliphatic heterocycles. The van der Waals surface area contributed by atoms with Gasteiger partial charge in [0.1, 0.15) is 0 Å². The second-order valence-electron chi connectivity index (χ2n) is 6.43. The Morgan fingerprint density at radius 3 is 2.03 bits per heavy atom. The summed E-state index contributed by atoms with van der Waals surface area (Å²) >= 11 is 3.29. The van der Waals surface area contributed by atoms with Gasteiger partial charge in [-0.05, 0) is 78.9 Å². The van der Waals surface area contributed by atoms with Crippen LogP contribution in [0.15, 0.2) is 106 Å². The van der Waals surface area contributed by atoms with Gasteiger partial charge in [-0.1, -0.05) is 15.9 Å².